The third-order valence-electron chi connectivity index (χ3n) is 2.71. The highest BCUT2D eigenvalue weighted by Gasteiger charge is 2.12. The van der Waals surface area contributed by atoms with E-state index in [1.54, 1.807) is 11.3 Å². The fraction of sp³-hybridized carbons (Fsp3) is 0.0769. The molecule has 0 aliphatic carbocycles. The lowest BCUT2D eigenvalue weighted by Gasteiger charge is -1.99. The molecule has 0 saturated carbocycles. The fourth-order valence-electron chi connectivity index (χ4n) is 1.90. The molecule has 0 radical (unpaired) electrons. The molecule has 5 heteroatoms. The van der Waals surface area contributed by atoms with Crippen LogP contribution in [0.4, 0.5) is 5.69 Å². The molecule has 90 valence electrons. The van der Waals surface area contributed by atoms with Gasteiger partial charge in [0.1, 0.15) is 4.83 Å². The quantitative estimate of drug-likeness (QED) is 0.737. The third-order valence-corrected chi connectivity index (χ3v) is 4.63. The minimum Gasteiger partial charge on any atom is -0.386 e. The summed E-state index contributed by atoms with van der Waals surface area (Å²) in [6.07, 6.45) is 0.878. The van der Waals surface area contributed by atoms with Crippen LogP contribution in [0.15, 0.2) is 29.6 Å². The molecular formula is C13H10N2OS2. The van der Waals surface area contributed by atoms with E-state index in [2.05, 4.69) is 10.3 Å². The Bertz CT molecular complexity index is 701. The Kier molecular flexibility index (Phi) is 2.85. The number of aromatic nitrogens is 1. The Hall–Kier alpha value is -1.72. The maximum atomic E-state index is 11.0. The highest BCUT2D eigenvalue weighted by atomic mass is 32.1. The molecule has 0 aromatic carbocycles. The van der Waals surface area contributed by atoms with Crippen LogP contribution >= 0.6 is 22.7 Å². The number of aldehydes is 1. The SMILES string of the molecule is CNc1c(C=O)sc2nc(-c3cccs3)ccc12. The summed E-state index contributed by atoms with van der Waals surface area (Å²) >= 11 is 3.09. The fourth-order valence-corrected chi connectivity index (χ4v) is 3.59. The van der Waals surface area contributed by atoms with Gasteiger partial charge in [-0.1, -0.05) is 6.07 Å². The van der Waals surface area contributed by atoms with Gasteiger partial charge in [-0.15, -0.1) is 22.7 Å². The number of rotatable bonds is 3. The number of fused-ring (bicyclic) bond motifs is 1. The molecule has 3 nitrogen and oxygen atoms in total. The number of pyridine rings is 1. The number of anilines is 1. The van der Waals surface area contributed by atoms with Crippen molar-refractivity contribution in [2.45, 2.75) is 0 Å². The minimum atomic E-state index is 0.698. The van der Waals surface area contributed by atoms with Gasteiger partial charge in [-0.2, -0.15) is 0 Å². The van der Waals surface area contributed by atoms with E-state index in [-0.39, 0.29) is 0 Å². The number of nitrogens with one attached hydrogen (secondary N) is 1. The first-order chi connectivity index (χ1) is 8.83. The summed E-state index contributed by atoms with van der Waals surface area (Å²) in [7, 11) is 1.82. The molecule has 1 N–H and O–H groups in total. The lowest BCUT2D eigenvalue weighted by Crippen LogP contribution is -1.89. The Morgan fingerprint density at radius 3 is 2.89 bits per heavy atom. The van der Waals surface area contributed by atoms with Gasteiger partial charge in [0, 0.05) is 12.4 Å². The summed E-state index contributed by atoms with van der Waals surface area (Å²) in [5, 5.41) is 6.10. The molecule has 18 heavy (non-hydrogen) atoms. The van der Waals surface area contributed by atoms with Gasteiger partial charge in [-0.25, -0.2) is 4.98 Å². The number of thiophene rings is 2. The number of nitrogens with zero attached hydrogens (tertiary/aromatic N) is 1. The van der Waals surface area contributed by atoms with E-state index in [4.69, 9.17) is 0 Å². The Morgan fingerprint density at radius 1 is 1.33 bits per heavy atom. The van der Waals surface area contributed by atoms with Crippen molar-refractivity contribution in [2.24, 2.45) is 0 Å². The van der Waals surface area contributed by atoms with Gasteiger partial charge in [0.25, 0.3) is 0 Å². The van der Waals surface area contributed by atoms with Crippen molar-refractivity contribution in [3.63, 3.8) is 0 Å². The summed E-state index contributed by atoms with van der Waals surface area (Å²) in [5.41, 5.74) is 1.83. The van der Waals surface area contributed by atoms with Crippen LogP contribution in [0.25, 0.3) is 20.8 Å². The van der Waals surface area contributed by atoms with Crippen LogP contribution < -0.4 is 5.32 Å². The third kappa shape index (κ3) is 1.72. The maximum absolute atomic E-state index is 11.0. The van der Waals surface area contributed by atoms with Crippen molar-refractivity contribution in [3.8, 4) is 10.6 Å². The van der Waals surface area contributed by atoms with Crippen molar-refractivity contribution < 1.29 is 4.79 Å². The topological polar surface area (TPSA) is 42.0 Å². The second kappa shape index (κ2) is 4.51. The molecule has 3 aromatic rings. The van der Waals surface area contributed by atoms with Gasteiger partial charge in [-0.3, -0.25) is 4.79 Å². The second-order valence-electron chi connectivity index (χ2n) is 3.74. The zero-order chi connectivity index (χ0) is 12.5. The highest BCUT2D eigenvalue weighted by Crippen LogP contribution is 2.35. The van der Waals surface area contributed by atoms with E-state index in [1.807, 2.05) is 36.7 Å². The van der Waals surface area contributed by atoms with Gasteiger partial charge in [0.05, 0.1) is 21.1 Å². The van der Waals surface area contributed by atoms with Crippen molar-refractivity contribution in [1.82, 2.24) is 4.98 Å². The minimum absolute atomic E-state index is 0.698. The van der Waals surface area contributed by atoms with Gasteiger partial charge in [0.2, 0.25) is 0 Å². The molecule has 0 aliphatic heterocycles. The zero-order valence-corrected chi connectivity index (χ0v) is 11.3. The summed E-state index contributed by atoms with van der Waals surface area (Å²) in [6.45, 7) is 0. The molecule has 3 rings (SSSR count). The number of carbonyl (C=O) groups excluding carboxylic acids is 1. The number of hydrogen-bond donors (Lipinski definition) is 1. The Morgan fingerprint density at radius 2 is 2.22 bits per heavy atom. The van der Waals surface area contributed by atoms with Crippen molar-refractivity contribution >= 4 is 44.9 Å². The average Bonchev–Trinajstić information content (AvgIpc) is 3.04. The first-order valence-electron chi connectivity index (χ1n) is 5.44. The number of carbonyl (C=O) groups is 1. The van der Waals surface area contributed by atoms with Crippen LogP contribution in [-0.2, 0) is 0 Å². The van der Waals surface area contributed by atoms with Crippen LogP contribution in [-0.4, -0.2) is 18.3 Å². The van der Waals surface area contributed by atoms with Crippen LogP contribution in [0.2, 0.25) is 0 Å². The molecule has 0 bridgehead atoms. The molecule has 0 atom stereocenters. The Balaban J connectivity index is 2.22. The lowest BCUT2D eigenvalue weighted by molar-refractivity contribution is 0.112. The van der Waals surface area contributed by atoms with Gasteiger partial charge in [-0.05, 0) is 23.6 Å². The van der Waals surface area contributed by atoms with E-state index in [0.717, 1.165) is 32.8 Å². The van der Waals surface area contributed by atoms with E-state index >= 15 is 0 Å². The molecular weight excluding hydrogens is 264 g/mol. The van der Waals surface area contributed by atoms with Crippen molar-refractivity contribution in [1.29, 1.82) is 0 Å². The second-order valence-corrected chi connectivity index (χ2v) is 5.71. The van der Waals surface area contributed by atoms with E-state index < -0.39 is 0 Å². The van der Waals surface area contributed by atoms with Gasteiger partial charge < -0.3 is 5.32 Å². The predicted octanol–water partition coefficient (Wildman–Crippen LogP) is 3.88. The van der Waals surface area contributed by atoms with Crippen LogP contribution in [0.3, 0.4) is 0 Å². The predicted molar refractivity (Wildman–Crippen MR) is 77.9 cm³/mol. The van der Waals surface area contributed by atoms with Gasteiger partial charge >= 0.3 is 0 Å². The standard InChI is InChI=1S/C13H10N2OS2/c1-14-12-8-4-5-9(10-3-2-6-17-10)15-13(8)18-11(12)7-16/h2-7,14H,1H3. The van der Waals surface area contributed by atoms with Crippen molar-refractivity contribution in [2.75, 3.05) is 12.4 Å². The molecule has 0 fully saturated rings. The Labute approximate surface area is 112 Å². The zero-order valence-electron chi connectivity index (χ0n) is 9.64. The smallest absolute Gasteiger partial charge is 0.162 e. The number of hydrogen-bond acceptors (Lipinski definition) is 5. The van der Waals surface area contributed by atoms with Crippen LogP contribution in [0.5, 0.6) is 0 Å². The van der Waals surface area contributed by atoms with Crippen molar-refractivity contribution in [3.05, 3.63) is 34.5 Å². The summed E-state index contributed by atoms with van der Waals surface area (Å²) in [6, 6.07) is 8.07. The van der Waals surface area contributed by atoms with Crippen LogP contribution in [0, 0.1) is 0 Å². The normalized spacial score (nSPS) is 10.7. The van der Waals surface area contributed by atoms with E-state index in [1.165, 1.54) is 11.3 Å². The maximum Gasteiger partial charge on any atom is 0.162 e. The molecule has 0 aliphatic rings. The molecule has 3 aromatic heterocycles. The first-order valence-corrected chi connectivity index (χ1v) is 7.13. The monoisotopic (exact) mass is 274 g/mol. The van der Waals surface area contributed by atoms with E-state index in [9.17, 15) is 4.79 Å². The average molecular weight is 274 g/mol. The molecule has 0 spiro atoms. The largest absolute Gasteiger partial charge is 0.386 e. The molecule has 0 saturated heterocycles. The lowest BCUT2D eigenvalue weighted by atomic mass is 10.2. The summed E-state index contributed by atoms with van der Waals surface area (Å²) in [5.74, 6) is 0. The summed E-state index contributed by atoms with van der Waals surface area (Å²) < 4.78 is 0. The van der Waals surface area contributed by atoms with Crippen LogP contribution in [0.1, 0.15) is 9.67 Å². The molecule has 0 unspecified atom stereocenters. The summed E-state index contributed by atoms with van der Waals surface area (Å²) in [4.78, 5) is 18.4. The van der Waals surface area contributed by atoms with Gasteiger partial charge in [0.15, 0.2) is 6.29 Å². The highest BCUT2D eigenvalue weighted by molar-refractivity contribution is 7.21. The first kappa shape index (κ1) is 11.4. The van der Waals surface area contributed by atoms with E-state index in [0.29, 0.717) is 4.88 Å². The molecule has 3 heterocycles. The molecule has 0 amide bonds.